The summed E-state index contributed by atoms with van der Waals surface area (Å²) in [6, 6.07) is 6.60. The van der Waals surface area contributed by atoms with Gasteiger partial charge in [0.15, 0.2) is 9.84 Å². The van der Waals surface area contributed by atoms with Crippen LogP contribution in [0.1, 0.15) is 38.8 Å². The number of nitrogens with one attached hydrogen (secondary N) is 1. The number of ether oxygens (including phenoxy) is 1. The molecule has 1 aliphatic heterocycles. The van der Waals surface area contributed by atoms with Crippen molar-refractivity contribution in [1.29, 1.82) is 0 Å². The van der Waals surface area contributed by atoms with Gasteiger partial charge in [-0.15, -0.1) is 0 Å². The van der Waals surface area contributed by atoms with Crippen LogP contribution in [0.15, 0.2) is 29.2 Å². The summed E-state index contributed by atoms with van der Waals surface area (Å²) < 4.78 is 30.3. The van der Waals surface area contributed by atoms with Gasteiger partial charge in [-0.05, 0) is 45.4 Å². The number of esters is 1. The number of hydrogen-bond acceptors (Lipinski definition) is 5. The average Bonchev–Trinajstić information content (AvgIpc) is 2.96. The minimum absolute atomic E-state index is 0.269. The van der Waals surface area contributed by atoms with Crippen LogP contribution in [0.3, 0.4) is 0 Å². The molecule has 0 aliphatic carbocycles. The molecule has 0 spiro atoms. The predicted octanol–water partition coefficient (Wildman–Crippen LogP) is 2.08. The van der Waals surface area contributed by atoms with Crippen molar-refractivity contribution >= 4 is 15.8 Å². The third-order valence-corrected chi connectivity index (χ3v) is 6.22. The molecule has 1 saturated heterocycles. The van der Waals surface area contributed by atoms with Crippen molar-refractivity contribution in [3.63, 3.8) is 0 Å². The molecule has 2 atom stereocenters. The molecular weight excluding hydrogens is 302 g/mol. The van der Waals surface area contributed by atoms with Crippen molar-refractivity contribution in [2.75, 3.05) is 13.2 Å². The van der Waals surface area contributed by atoms with Gasteiger partial charge in [0.05, 0.1) is 22.7 Å². The molecule has 1 N–H and O–H groups in total. The van der Waals surface area contributed by atoms with E-state index in [0.717, 1.165) is 0 Å². The molecule has 22 heavy (non-hydrogen) atoms. The van der Waals surface area contributed by atoms with Crippen molar-refractivity contribution in [1.82, 2.24) is 5.32 Å². The average molecular weight is 325 g/mol. The zero-order valence-electron chi connectivity index (χ0n) is 13.2. The van der Waals surface area contributed by atoms with Crippen LogP contribution in [0.2, 0.25) is 0 Å². The van der Waals surface area contributed by atoms with E-state index in [2.05, 4.69) is 5.32 Å². The number of carbonyl (C=O) groups excluding carboxylic acids is 1. The van der Waals surface area contributed by atoms with Gasteiger partial charge >= 0.3 is 5.97 Å². The summed E-state index contributed by atoms with van der Waals surface area (Å²) in [4.78, 5) is 12.4. The Morgan fingerprint density at radius 1 is 1.36 bits per heavy atom. The Hall–Kier alpha value is -1.40. The molecule has 0 radical (unpaired) electrons. The second-order valence-electron chi connectivity index (χ2n) is 5.71. The Labute approximate surface area is 132 Å². The molecule has 1 fully saturated rings. The summed E-state index contributed by atoms with van der Waals surface area (Å²) in [6.07, 6.45) is 0.652. The van der Waals surface area contributed by atoms with Crippen LogP contribution in [-0.2, 0) is 19.4 Å². The highest BCUT2D eigenvalue weighted by molar-refractivity contribution is 7.92. The second-order valence-corrected chi connectivity index (χ2v) is 8.18. The highest BCUT2D eigenvalue weighted by Gasteiger charge is 2.37. The molecule has 1 aliphatic rings. The summed E-state index contributed by atoms with van der Waals surface area (Å²) in [5.74, 6) is -0.613. The van der Waals surface area contributed by atoms with Gasteiger partial charge in [-0.2, -0.15) is 0 Å². The zero-order chi connectivity index (χ0) is 16.3. The van der Waals surface area contributed by atoms with E-state index in [1.165, 1.54) is 0 Å². The molecule has 1 heterocycles. The van der Waals surface area contributed by atoms with Gasteiger partial charge < -0.3 is 10.1 Å². The van der Waals surface area contributed by atoms with Gasteiger partial charge in [0.2, 0.25) is 0 Å². The fraction of sp³-hybridized carbons (Fsp3) is 0.562. The van der Waals surface area contributed by atoms with Gasteiger partial charge in [0.25, 0.3) is 0 Å². The maximum Gasteiger partial charge on any atom is 0.310 e. The van der Waals surface area contributed by atoms with Crippen LogP contribution in [0.4, 0.5) is 0 Å². The first-order chi connectivity index (χ1) is 10.4. The lowest BCUT2D eigenvalue weighted by atomic mass is 9.94. The monoisotopic (exact) mass is 325 g/mol. The molecule has 0 bridgehead atoms. The largest absolute Gasteiger partial charge is 0.466 e. The molecule has 2 rings (SSSR count). The Balaban J connectivity index is 2.43. The van der Waals surface area contributed by atoms with Crippen LogP contribution in [0.5, 0.6) is 0 Å². The SMILES string of the molecule is CCOC(=O)[C@H]1CCN[C@H]1c1ccccc1S(=O)(=O)C(C)C. The minimum Gasteiger partial charge on any atom is -0.466 e. The number of sulfone groups is 1. The van der Waals surface area contributed by atoms with E-state index in [4.69, 9.17) is 4.74 Å². The van der Waals surface area contributed by atoms with Crippen molar-refractivity contribution in [3.05, 3.63) is 29.8 Å². The third kappa shape index (κ3) is 3.17. The van der Waals surface area contributed by atoms with E-state index in [1.54, 1.807) is 45.0 Å². The lowest BCUT2D eigenvalue weighted by Crippen LogP contribution is -2.27. The molecule has 6 heteroatoms. The molecule has 0 saturated carbocycles. The Bertz CT molecular complexity index is 639. The smallest absolute Gasteiger partial charge is 0.310 e. The maximum absolute atomic E-state index is 12.6. The molecule has 0 unspecified atom stereocenters. The normalized spacial score (nSPS) is 22.0. The summed E-state index contributed by atoms with van der Waals surface area (Å²) in [7, 11) is -3.40. The molecular formula is C16H23NO4S. The molecule has 1 aromatic carbocycles. The second kappa shape index (κ2) is 6.79. The lowest BCUT2D eigenvalue weighted by molar-refractivity contribution is -0.148. The van der Waals surface area contributed by atoms with Gasteiger partial charge in [-0.3, -0.25) is 4.79 Å². The summed E-state index contributed by atoms with van der Waals surface area (Å²) in [6.45, 7) is 6.10. The van der Waals surface area contributed by atoms with Gasteiger partial charge in [-0.1, -0.05) is 18.2 Å². The van der Waals surface area contributed by atoms with Crippen LogP contribution in [0, 0.1) is 5.92 Å². The van der Waals surface area contributed by atoms with E-state index in [0.29, 0.717) is 30.0 Å². The van der Waals surface area contributed by atoms with E-state index in [9.17, 15) is 13.2 Å². The Morgan fingerprint density at radius 3 is 2.68 bits per heavy atom. The maximum atomic E-state index is 12.6. The zero-order valence-corrected chi connectivity index (χ0v) is 14.0. The first kappa shape index (κ1) is 17.0. The predicted molar refractivity (Wildman–Crippen MR) is 84.2 cm³/mol. The summed E-state index contributed by atoms with van der Waals surface area (Å²) >= 11 is 0. The van der Waals surface area contributed by atoms with Gasteiger partial charge in [0.1, 0.15) is 0 Å². The van der Waals surface area contributed by atoms with E-state index >= 15 is 0 Å². The highest BCUT2D eigenvalue weighted by atomic mass is 32.2. The molecule has 0 aromatic heterocycles. The summed E-state index contributed by atoms with van der Waals surface area (Å²) in [5.41, 5.74) is 0.659. The Morgan fingerprint density at radius 2 is 2.05 bits per heavy atom. The standard InChI is InChI=1S/C16H23NO4S/c1-4-21-16(18)13-9-10-17-15(13)12-7-5-6-8-14(12)22(19,20)11(2)3/h5-8,11,13,15,17H,4,9-10H2,1-3H3/t13-,15-/m0/s1. The van der Waals surface area contributed by atoms with Crippen LogP contribution in [0.25, 0.3) is 0 Å². The summed E-state index contributed by atoms with van der Waals surface area (Å²) in [5, 5.41) is 2.74. The number of rotatable bonds is 5. The van der Waals surface area contributed by atoms with Crippen LogP contribution >= 0.6 is 0 Å². The van der Waals surface area contributed by atoms with Crippen LogP contribution < -0.4 is 5.32 Å². The van der Waals surface area contributed by atoms with Gasteiger partial charge in [-0.25, -0.2) is 8.42 Å². The van der Waals surface area contributed by atoms with E-state index in [1.807, 2.05) is 0 Å². The van der Waals surface area contributed by atoms with E-state index < -0.39 is 15.1 Å². The van der Waals surface area contributed by atoms with Crippen molar-refractivity contribution in [2.45, 2.75) is 43.4 Å². The molecule has 1 aromatic rings. The quantitative estimate of drug-likeness (QED) is 0.839. The third-order valence-electron chi connectivity index (χ3n) is 3.99. The number of hydrogen-bond donors (Lipinski definition) is 1. The fourth-order valence-electron chi connectivity index (χ4n) is 2.78. The first-order valence-electron chi connectivity index (χ1n) is 7.62. The number of benzene rings is 1. The van der Waals surface area contributed by atoms with Crippen molar-refractivity contribution in [3.8, 4) is 0 Å². The van der Waals surface area contributed by atoms with Crippen molar-refractivity contribution < 1.29 is 17.9 Å². The van der Waals surface area contributed by atoms with Crippen molar-refractivity contribution in [2.24, 2.45) is 5.92 Å². The molecule has 0 amide bonds. The topological polar surface area (TPSA) is 72.5 Å². The Kier molecular flexibility index (Phi) is 5.24. The first-order valence-corrected chi connectivity index (χ1v) is 9.17. The highest BCUT2D eigenvalue weighted by Crippen LogP contribution is 2.35. The molecule has 5 nitrogen and oxygen atoms in total. The molecule has 122 valence electrons. The van der Waals surface area contributed by atoms with E-state index in [-0.39, 0.29) is 17.9 Å². The minimum atomic E-state index is -3.40. The number of carbonyl (C=O) groups is 1. The lowest BCUT2D eigenvalue weighted by Gasteiger charge is -2.22. The fourth-order valence-corrected chi connectivity index (χ4v) is 4.08. The van der Waals surface area contributed by atoms with Crippen LogP contribution in [-0.4, -0.2) is 32.8 Å². The van der Waals surface area contributed by atoms with Gasteiger partial charge in [0, 0.05) is 6.04 Å².